The molecule has 0 unspecified atom stereocenters. The molecule has 10 heteroatoms. The lowest BCUT2D eigenvalue weighted by Gasteiger charge is -2.10. The minimum Gasteiger partial charge on any atom is -0.439 e. The summed E-state index contributed by atoms with van der Waals surface area (Å²) in [5, 5.41) is 5.19. The Morgan fingerprint density at radius 3 is 2.41 bits per heavy atom. The summed E-state index contributed by atoms with van der Waals surface area (Å²) in [6.07, 6.45) is 3.11. The molecule has 0 aliphatic carbocycles. The number of nitrogens with one attached hydrogen (secondary N) is 2. The summed E-state index contributed by atoms with van der Waals surface area (Å²) in [6.45, 7) is 3.88. The minimum absolute atomic E-state index is 0.0736. The molecular formula is C22H18ClFN6O2. The predicted molar refractivity (Wildman–Crippen MR) is 119 cm³/mol. The van der Waals surface area contributed by atoms with Gasteiger partial charge in [0.2, 0.25) is 5.88 Å². The number of ether oxygens (including phenoxy) is 1. The van der Waals surface area contributed by atoms with Crippen LogP contribution in [0.25, 0.3) is 5.82 Å². The highest BCUT2D eigenvalue weighted by atomic mass is 35.5. The van der Waals surface area contributed by atoms with Gasteiger partial charge in [-0.2, -0.15) is 0 Å². The van der Waals surface area contributed by atoms with Gasteiger partial charge in [-0.05, 0) is 56.3 Å². The number of carbonyl (C=O) groups is 1. The Kier molecular flexibility index (Phi) is 6.00. The topological polar surface area (TPSA) is 94.0 Å². The molecule has 0 atom stereocenters. The number of amides is 2. The highest BCUT2D eigenvalue weighted by molar-refractivity contribution is 6.31. The maximum absolute atomic E-state index is 13.2. The first kappa shape index (κ1) is 21.3. The molecule has 0 aliphatic rings. The number of halogens is 2. The summed E-state index contributed by atoms with van der Waals surface area (Å²) in [5.74, 6) is 0.986. The van der Waals surface area contributed by atoms with Gasteiger partial charge in [-0.1, -0.05) is 11.6 Å². The Balaban J connectivity index is 1.39. The molecule has 162 valence electrons. The quantitative estimate of drug-likeness (QED) is 0.416. The minimum atomic E-state index is -0.556. The van der Waals surface area contributed by atoms with E-state index in [1.54, 1.807) is 36.7 Å². The molecule has 0 saturated heterocycles. The Labute approximate surface area is 188 Å². The van der Waals surface area contributed by atoms with E-state index < -0.39 is 11.8 Å². The highest BCUT2D eigenvalue weighted by Gasteiger charge is 2.09. The van der Waals surface area contributed by atoms with Gasteiger partial charge in [-0.3, -0.25) is 4.57 Å². The van der Waals surface area contributed by atoms with Gasteiger partial charge in [-0.15, -0.1) is 0 Å². The van der Waals surface area contributed by atoms with Crippen molar-refractivity contribution in [3.05, 3.63) is 83.4 Å². The van der Waals surface area contributed by atoms with Crippen LogP contribution in [0.3, 0.4) is 0 Å². The maximum atomic E-state index is 13.2. The molecule has 2 aromatic heterocycles. The first-order valence-corrected chi connectivity index (χ1v) is 9.91. The van der Waals surface area contributed by atoms with Gasteiger partial charge >= 0.3 is 6.03 Å². The summed E-state index contributed by atoms with van der Waals surface area (Å²) >= 11 is 5.72. The van der Waals surface area contributed by atoms with Gasteiger partial charge < -0.3 is 15.4 Å². The molecule has 32 heavy (non-hydrogen) atoms. The predicted octanol–water partition coefficient (Wildman–Crippen LogP) is 5.51. The number of hydrogen-bond donors (Lipinski definition) is 2. The van der Waals surface area contributed by atoms with Crippen LogP contribution in [0, 0.1) is 19.7 Å². The molecule has 2 N–H and O–H groups in total. The number of carbonyl (C=O) groups excluding carboxylic acids is 1. The Morgan fingerprint density at radius 2 is 1.72 bits per heavy atom. The van der Waals surface area contributed by atoms with Crippen molar-refractivity contribution in [2.45, 2.75) is 13.8 Å². The molecule has 0 saturated carbocycles. The molecule has 0 radical (unpaired) electrons. The first-order chi connectivity index (χ1) is 15.4. The molecule has 2 aromatic carbocycles. The standard InChI is InChI=1S/C22H18ClFN6O2/c1-13-14(2)30(12-27-13)20-10-21(26-11-25-20)32-17-6-3-15(4-7-17)28-22(31)29-16-5-8-19(24)18(23)9-16/h3-12H,1-2H3,(H2,28,29,31). The number of nitrogens with zero attached hydrogens (tertiary/aromatic N) is 4. The number of urea groups is 1. The zero-order valence-electron chi connectivity index (χ0n) is 17.1. The average molecular weight is 453 g/mol. The fourth-order valence-corrected chi connectivity index (χ4v) is 3.02. The van der Waals surface area contributed by atoms with Crippen LogP contribution >= 0.6 is 11.6 Å². The van der Waals surface area contributed by atoms with Crippen LogP contribution in [-0.2, 0) is 0 Å². The molecule has 4 rings (SSSR count). The maximum Gasteiger partial charge on any atom is 0.323 e. The molecular weight excluding hydrogens is 435 g/mol. The normalized spacial score (nSPS) is 10.6. The van der Waals surface area contributed by atoms with E-state index in [9.17, 15) is 9.18 Å². The van der Waals surface area contributed by atoms with Crippen molar-refractivity contribution in [3.8, 4) is 17.4 Å². The second-order valence-electron chi connectivity index (χ2n) is 6.83. The van der Waals surface area contributed by atoms with Crippen LogP contribution in [-0.4, -0.2) is 25.6 Å². The van der Waals surface area contributed by atoms with Gasteiger partial charge in [0.05, 0.1) is 10.7 Å². The van der Waals surface area contributed by atoms with Crippen LogP contribution in [0.2, 0.25) is 5.02 Å². The van der Waals surface area contributed by atoms with Crippen molar-refractivity contribution in [1.29, 1.82) is 0 Å². The summed E-state index contributed by atoms with van der Waals surface area (Å²) in [5.41, 5.74) is 2.81. The van der Waals surface area contributed by atoms with Gasteiger partial charge in [-0.25, -0.2) is 24.1 Å². The van der Waals surface area contributed by atoms with Crippen molar-refractivity contribution in [1.82, 2.24) is 19.5 Å². The number of aromatic nitrogens is 4. The average Bonchev–Trinajstić information content (AvgIpc) is 3.11. The number of anilines is 2. The Morgan fingerprint density at radius 1 is 1.00 bits per heavy atom. The van der Waals surface area contributed by atoms with Gasteiger partial charge in [0.25, 0.3) is 0 Å². The number of rotatable bonds is 5. The van der Waals surface area contributed by atoms with E-state index in [1.165, 1.54) is 24.5 Å². The van der Waals surface area contributed by atoms with Gasteiger partial charge in [0, 0.05) is 23.1 Å². The van der Waals surface area contributed by atoms with E-state index >= 15 is 0 Å². The number of hydrogen-bond acceptors (Lipinski definition) is 5. The fraction of sp³-hybridized carbons (Fsp3) is 0.0909. The molecule has 0 fully saturated rings. The number of aryl methyl sites for hydroxylation is 1. The van der Waals surface area contributed by atoms with E-state index in [1.807, 2.05) is 18.4 Å². The van der Waals surface area contributed by atoms with E-state index in [0.717, 1.165) is 11.4 Å². The summed E-state index contributed by atoms with van der Waals surface area (Å²) < 4.78 is 20.9. The largest absolute Gasteiger partial charge is 0.439 e. The third-order valence-corrected chi connectivity index (χ3v) is 4.93. The van der Waals surface area contributed by atoms with E-state index in [4.69, 9.17) is 16.3 Å². The zero-order valence-corrected chi connectivity index (χ0v) is 17.9. The van der Waals surface area contributed by atoms with Crippen LogP contribution in [0.4, 0.5) is 20.6 Å². The second-order valence-corrected chi connectivity index (χ2v) is 7.24. The summed E-state index contributed by atoms with van der Waals surface area (Å²) in [7, 11) is 0. The fourth-order valence-electron chi connectivity index (χ4n) is 2.84. The summed E-state index contributed by atoms with van der Waals surface area (Å²) in [4.78, 5) is 24.8. The second kappa shape index (κ2) is 9.03. The smallest absolute Gasteiger partial charge is 0.323 e. The third kappa shape index (κ3) is 4.84. The number of imidazole rings is 1. The molecule has 8 nitrogen and oxygen atoms in total. The van der Waals surface area contributed by atoms with Crippen molar-refractivity contribution < 1.29 is 13.9 Å². The van der Waals surface area contributed by atoms with Crippen LogP contribution in [0.5, 0.6) is 11.6 Å². The van der Waals surface area contributed by atoms with E-state index in [-0.39, 0.29) is 5.02 Å². The SMILES string of the molecule is Cc1ncn(-c2cc(Oc3ccc(NC(=O)Nc4ccc(F)c(Cl)c4)cc3)ncn2)c1C. The lowest BCUT2D eigenvalue weighted by atomic mass is 10.3. The molecule has 0 bridgehead atoms. The van der Waals surface area contributed by atoms with Crippen LogP contribution in [0.1, 0.15) is 11.4 Å². The number of benzene rings is 2. The molecule has 2 amide bonds. The zero-order chi connectivity index (χ0) is 22.7. The molecule has 0 aliphatic heterocycles. The molecule has 4 aromatic rings. The van der Waals surface area contributed by atoms with Gasteiger partial charge in [0.15, 0.2) is 0 Å². The first-order valence-electron chi connectivity index (χ1n) is 9.53. The Bertz CT molecular complexity index is 1280. The Hall–Kier alpha value is -3.98. The third-order valence-electron chi connectivity index (χ3n) is 4.64. The van der Waals surface area contributed by atoms with Crippen LogP contribution in [0.15, 0.2) is 61.2 Å². The van der Waals surface area contributed by atoms with Crippen molar-refractivity contribution in [2.75, 3.05) is 10.6 Å². The molecule has 0 spiro atoms. The summed E-state index contributed by atoms with van der Waals surface area (Å²) in [6, 6.07) is 11.9. The lowest BCUT2D eigenvalue weighted by molar-refractivity contribution is 0.262. The van der Waals surface area contributed by atoms with Crippen molar-refractivity contribution in [2.24, 2.45) is 0 Å². The lowest BCUT2D eigenvalue weighted by Crippen LogP contribution is -2.19. The van der Waals surface area contributed by atoms with E-state index in [0.29, 0.717) is 28.8 Å². The highest BCUT2D eigenvalue weighted by Crippen LogP contribution is 2.24. The van der Waals surface area contributed by atoms with Gasteiger partial charge in [0.1, 0.15) is 30.0 Å². The molecule has 2 heterocycles. The monoisotopic (exact) mass is 452 g/mol. The van der Waals surface area contributed by atoms with E-state index in [2.05, 4.69) is 25.6 Å². The van der Waals surface area contributed by atoms with Crippen LogP contribution < -0.4 is 15.4 Å². The van der Waals surface area contributed by atoms with Crippen molar-refractivity contribution >= 4 is 29.0 Å². The van der Waals surface area contributed by atoms with Crippen molar-refractivity contribution in [3.63, 3.8) is 0 Å².